The van der Waals surface area contributed by atoms with Gasteiger partial charge in [-0.15, -0.1) is 0 Å². The van der Waals surface area contributed by atoms with Gasteiger partial charge in [0.1, 0.15) is 0 Å². The lowest BCUT2D eigenvalue weighted by Gasteiger charge is -2.08. The average Bonchev–Trinajstić information content (AvgIpc) is 2.15. The first-order valence-electron chi connectivity index (χ1n) is 4.79. The zero-order valence-corrected chi connectivity index (χ0v) is 11.4. The smallest absolute Gasteiger partial charge is 0.294 e. The number of thioether (sulfide) groups is 1. The van der Waals surface area contributed by atoms with E-state index in [9.17, 15) is 18.0 Å². The highest BCUT2D eigenvalue weighted by Crippen LogP contribution is 2.37. The van der Waals surface area contributed by atoms with Crippen molar-refractivity contribution in [1.82, 2.24) is 0 Å². The van der Waals surface area contributed by atoms with E-state index in [2.05, 4.69) is 15.9 Å². The van der Waals surface area contributed by atoms with Crippen LogP contribution in [0.25, 0.3) is 0 Å². The number of hydrogen-bond donors (Lipinski definition) is 0. The van der Waals surface area contributed by atoms with E-state index in [1.807, 2.05) is 0 Å². The van der Waals surface area contributed by atoms with Crippen LogP contribution < -0.4 is 0 Å². The minimum absolute atomic E-state index is 0.0667. The fourth-order valence-corrected chi connectivity index (χ4v) is 2.37. The maximum Gasteiger partial charge on any atom is 0.446 e. The predicted molar refractivity (Wildman–Crippen MR) is 65.8 cm³/mol. The largest absolute Gasteiger partial charge is 0.446 e. The SMILES string of the molecule is Cc1cc(SC(F)(F)F)ccc1C(=O)CCBr. The molecule has 1 rings (SSSR count). The molecule has 0 N–H and O–H groups in total. The van der Waals surface area contributed by atoms with E-state index in [4.69, 9.17) is 0 Å². The second-order valence-corrected chi connectivity index (χ2v) is 5.32. The summed E-state index contributed by atoms with van der Waals surface area (Å²) in [4.78, 5) is 11.7. The van der Waals surface area contributed by atoms with Crippen LogP contribution in [0.2, 0.25) is 0 Å². The number of alkyl halides is 4. The van der Waals surface area contributed by atoms with Crippen molar-refractivity contribution in [3.63, 3.8) is 0 Å². The van der Waals surface area contributed by atoms with E-state index < -0.39 is 5.51 Å². The molecule has 0 heterocycles. The lowest BCUT2D eigenvalue weighted by atomic mass is 10.0. The summed E-state index contributed by atoms with van der Waals surface area (Å²) < 4.78 is 36.4. The molecule has 0 saturated carbocycles. The number of ketones is 1. The average molecular weight is 327 g/mol. The minimum Gasteiger partial charge on any atom is -0.294 e. The summed E-state index contributed by atoms with van der Waals surface area (Å²) in [5.74, 6) is -0.0667. The molecule has 0 spiro atoms. The van der Waals surface area contributed by atoms with E-state index in [0.29, 0.717) is 22.9 Å². The molecule has 0 saturated heterocycles. The van der Waals surface area contributed by atoms with E-state index >= 15 is 0 Å². The summed E-state index contributed by atoms with van der Waals surface area (Å²) in [5.41, 5.74) is -3.24. The van der Waals surface area contributed by atoms with Crippen molar-refractivity contribution in [3.05, 3.63) is 29.3 Å². The fraction of sp³-hybridized carbons (Fsp3) is 0.364. The van der Waals surface area contributed by atoms with Gasteiger partial charge in [-0.2, -0.15) is 13.2 Å². The number of carbonyl (C=O) groups excluding carboxylic acids is 1. The number of carbonyl (C=O) groups is 1. The first-order chi connectivity index (χ1) is 7.83. The number of hydrogen-bond acceptors (Lipinski definition) is 2. The molecule has 0 aliphatic carbocycles. The van der Waals surface area contributed by atoms with Crippen LogP contribution in [0.1, 0.15) is 22.3 Å². The van der Waals surface area contributed by atoms with Gasteiger partial charge in [0.15, 0.2) is 5.78 Å². The van der Waals surface area contributed by atoms with Gasteiger partial charge in [-0.3, -0.25) is 4.79 Å². The second-order valence-electron chi connectivity index (χ2n) is 3.39. The summed E-state index contributed by atoms with van der Waals surface area (Å²) in [5, 5.41) is 0.546. The monoisotopic (exact) mass is 326 g/mol. The van der Waals surface area contributed by atoms with Crippen LogP contribution in [-0.2, 0) is 0 Å². The number of rotatable bonds is 4. The van der Waals surface area contributed by atoms with Crippen LogP contribution in [-0.4, -0.2) is 16.6 Å². The Morgan fingerprint density at radius 3 is 2.53 bits per heavy atom. The molecule has 0 fully saturated rings. The fourth-order valence-electron chi connectivity index (χ4n) is 1.37. The number of aryl methyl sites for hydroxylation is 1. The Hall–Kier alpha value is -0.490. The summed E-state index contributed by atoms with van der Waals surface area (Å²) in [6.07, 6.45) is 0.340. The summed E-state index contributed by atoms with van der Waals surface area (Å²) >= 11 is 2.98. The van der Waals surface area contributed by atoms with Crippen molar-refractivity contribution in [2.45, 2.75) is 23.7 Å². The lowest BCUT2D eigenvalue weighted by molar-refractivity contribution is -0.0328. The summed E-state index contributed by atoms with van der Waals surface area (Å²) in [6.45, 7) is 1.64. The van der Waals surface area contributed by atoms with Crippen molar-refractivity contribution in [2.24, 2.45) is 0 Å². The summed E-state index contributed by atoms with van der Waals surface area (Å²) in [6, 6.07) is 4.17. The van der Waals surface area contributed by atoms with Gasteiger partial charge < -0.3 is 0 Å². The molecule has 0 aliphatic heterocycles. The molecule has 1 nitrogen and oxygen atoms in total. The first-order valence-corrected chi connectivity index (χ1v) is 6.73. The van der Waals surface area contributed by atoms with Crippen LogP contribution in [0.15, 0.2) is 23.1 Å². The number of Topliss-reactive ketones (excluding diaryl/α,β-unsaturated/α-hetero) is 1. The van der Waals surface area contributed by atoms with E-state index in [0.717, 1.165) is 0 Å². The second kappa shape index (κ2) is 5.91. The maximum atomic E-state index is 12.1. The molecule has 94 valence electrons. The molecule has 0 aliphatic rings. The lowest BCUT2D eigenvalue weighted by Crippen LogP contribution is -2.03. The highest BCUT2D eigenvalue weighted by molar-refractivity contribution is 9.09. The Morgan fingerprint density at radius 1 is 1.41 bits per heavy atom. The third-order valence-electron chi connectivity index (χ3n) is 2.05. The number of halogens is 4. The van der Waals surface area contributed by atoms with Crippen molar-refractivity contribution in [1.29, 1.82) is 0 Å². The molecule has 1 aromatic carbocycles. The molecule has 0 amide bonds. The van der Waals surface area contributed by atoms with E-state index in [1.54, 1.807) is 6.92 Å². The molecule has 0 bridgehead atoms. The third kappa shape index (κ3) is 4.71. The highest BCUT2D eigenvalue weighted by Gasteiger charge is 2.29. The van der Waals surface area contributed by atoms with E-state index in [1.165, 1.54) is 18.2 Å². The van der Waals surface area contributed by atoms with Crippen LogP contribution >= 0.6 is 27.7 Å². The minimum atomic E-state index is -4.30. The van der Waals surface area contributed by atoms with Crippen LogP contribution in [0, 0.1) is 6.92 Å². The standard InChI is InChI=1S/C11H10BrF3OS/c1-7-6-8(17-11(13,14)15)2-3-9(7)10(16)4-5-12/h2-3,6H,4-5H2,1H3. The Balaban J connectivity index is 2.90. The Labute approximate surface area is 110 Å². The van der Waals surface area contributed by atoms with Crippen LogP contribution in [0.5, 0.6) is 0 Å². The topological polar surface area (TPSA) is 17.1 Å². The highest BCUT2D eigenvalue weighted by atomic mass is 79.9. The zero-order chi connectivity index (χ0) is 13.1. The maximum absolute atomic E-state index is 12.1. The first kappa shape index (κ1) is 14.6. The van der Waals surface area contributed by atoms with Gasteiger partial charge in [-0.25, -0.2) is 0 Å². The van der Waals surface area contributed by atoms with E-state index in [-0.39, 0.29) is 22.4 Å². The van der Waals surface area contributed by atoms with Gasteiger partial charge in [0.05, 0.1) is 0 Å². The van der Waals surface area contributed by atoms with Crippen molar-refractivity contribution in [2.75, 3.05) is 5.33 Å². The summed E-state index contributed by atoms with van der Waals surface area (Å²) in [7, 11) is 0. The zero-order valence-electron chi connectivity index (χ0n) is 8.97. The van der Waals surface area contributed by atoms with Gasteiger partial charge >= 0.3 is 5.51 Å². The van der Waals surface area contributed by atoms with Gasteiger partial charge in [0.25, 0.3) is 0 Å². The Morgan fingerprint density at radius 2 is 2.06 bits per heavy atom. The molecule has 17 heavy (non-hydrogen) atoms. The van der Waals surface area contributed by atoms with Gasteiger partial charge in [0, 0.05) is 22.2 Å². The van der Waals surface area contributed by atoms with Crippen molar-refractivity contribution in [3.8, 4) is 0 Å². The van der Waals surface area contributed by atoms with Crippen molar-refractivity contribution >= 4 is 33.5 Å². The Kier molecular flexibility index (Phi) is 5.06. The molecule has 1 aromatic rings. The van der Waals surface area contributed by atoms with Gasteiger partial charge in [-0.1, -0.05) is 22.0 Å². The normalized spacial score (nSPS) is 11.6. The van der Waals surface area contributed by atoms with Crippen LogP contribution in [0.4, 0.5) is 13.2 Å². The van der Waals surface area contributed by atoms with Gasteiger partial charge in [-0.05, 0) is 36.4 Å². The predicted octanol–water partition coefficient (Wildman–Crippen LogP) is 4.57. The molecule has 6 heteroatoms. The third-order valence-corrected chi connectivity index (χ3v) is 3.17. The molecule has 0 radical (unpaired) electrons. The molecule has 0 aromatic heterocycles. The molecule has 0 unspecified atom stereocenters. The molecular weight excluding hydrogens is 317 g/mol. The number of benzene rings is 1. The van der Waals surface area contributed by atoms with Gasteiger partial charge in [0.2, 0.25) is 0 Å². The van der Waals surface area contributed by atoms with Crippen molar-refractivity contribution < 1.29 is 18.0 Å². The van der Waals surface area contributed by atoms with Crippen LogP contribution in [0.3, 0.4) is 0 Å². The Bertz CT molecular complexity index is 418. The molecular formula is C11H10BrF3OS. The molecule has 0 atom stereocenters. The quantitative estimate of drug-likeness (QED) is 0.458.